The quantitative estimate of drug-likeness (QED) is 0.186. The fourth-order valence-corrected chi connectivity index (χ4v) is 3.61. The van der Waals surface area contributed by atoms with Crippen LogP contribution in [-0.4, -0.2) is 38.0 Å². The van der Waals surface area contributed by atoms with Crippen molar-refractivity contribution in [2.24, 2.45) is 5.92 Å². The monoisotopic (exact) mass is 467 g/mol. The van der Waals surface area contributed by atoms with E-state index in [0.29, 0.717) is 35.7 Å². The van der Waals surface area contributed by atoms with Crippen LogP contribution < -0.4 is 10.1 Å². The van der Waals surface area contributed by atoms with Crippen LogP contribution in [0.3, 0.4) is 0 Å². The molecule has 3 rings (SSSR count). The predicted octanol–water partition coefficient (Wildman–Crippen LogP) is 4.80. The number of rotatable bonds is 11. The molecule has 1 aromatic heterocycles. The number of amides is 1. The summed E-state index contributed by atoms with van der Waals surface area (Å²) >= 11 is 1.25. The van der Waals surface area contributed by atoms with Crippen LogP contribution in [0.4, 0.5) is 11.4 Å². The number of ether oxygens (including phenoxy) is 1. The molecule has 1 heterocycles. The minimum absolute atomic E-state index is 0.0352. The number of nitro groups is 1. The smallest absolute Gasteiger partial charge is 0.269 e. The largest absolute Gasteiger partial charge is 0.493 e. The fourth-order valence-electron chi connectivity index (χ4n) is 2.86. The third-order valence-corrected chi connectivity index (χ3v) is 5.39. The van der Waals surface area contributed by atoms with Crippen molar-refractivity contribution in [2.45, 2.75) is 25.5 Å². The van der Waals surface area contributed by atoms with Crippen LogP contribution in [0.2, 0.25) is 0 Å². The first kappa shape index (κ1) is 24.0. The number of carbonyl (C=O) groups is 1. The second-order valence-corrected chi connectivity index (χ2v) is 8.52. The van der Waals surface area contributed by atoms with Gasteiger partial charge in [-0.3, -0.25) is 19.5 Å². The van der Waals surface area contributed by atoms with Gasteiger partial charge in [0, 0.05) is 29.9 Å². The minimum atomic E-state index is -0.488. The molecule has 0 atom stereocenters. The lowest BCUT2D eigenvalue weighted by Gasteiger charge is -2.10. The normalized spacial score (nSPS) is 10.8. The van der Waals surface area contributed by atoms with Crippen LogP contribution >= 0.6 is 11.8 Å². The Morgan fingerprint density at radius 3 is 2.52 bits per heavy atom. The molecular formula is C23H25N5O4S. The van der Waals surface area contributed by atoms with Crippen molar-refractivity contribution in [1.82, 2.24) is 14.8 Å². The van der Waals surface area contributed by atoms with Gasteiger partial charge in [-0.05, 0) is 42.3 Å². The highest BCUT2D eigenvalue weighted by molar-refractivity contribution is 7.99. The number of nitrogens with zero attached hydrogens (tertiary/aromatic N) is 4. The topological polar surface area (TPSA) is 112 Å². The molecule has 9 nitrogen and oxygen atoms in total. The number of thioether (sulfide) groups is 1. The first-order chi connectivity index (χ1) is 15.9. The summed E-state index contributed by atoms with van der Waals surface area (Å²) in [5, 5.41) is 22.6. The Kier molecular flexibility index (Phi) is 8.20. The zero-order valence-corrected chi connectivity index (χ0v) is 19.2. The number of non-ortho nitro benzene ring substituents is 1. The fraction of sp³-hybridized carbons (Fsp3) is 0.261. The number of carbonyl (C=O) groups excluding carboxylic acids is 1. The van der Waals surface area contributed by atoms with Crippen molar-refractivity contribution in [3.8, 4) is 17.1 Å². The molecule has 172 valence electrons. The molecule has 2 aromatic carbocycles. The van der Waals surface area contributed by atoms with E-state index in [4.69, 9.17) is 4.74 Å². The number of aromatic nitrogens is 3. The van der Waals surface area contributed by atoms with Crippen LogP contribution in [0.5, 0.6) is 5.75 Å². The van der Waals surface area contributed by atoms with E-state index < -0.39 is 4.92 Å². The number of benzene rings is 2. The molecule has 0 aliphatic heterocycles. The SMILES string of the molecule is C=CCn1c(SCC(=O)Nc2ccc([N+](=O)[O-])cc2)nnc1-c1ccc(OCC(C)C)cc1. The van der Waals surface area contributed by atoms with E-state index >= 15 is 0 Å². The summed E-state index contributed by atoms with van der Waals surface area (Å²) in [6.07, 6.45) is 1.74. The second kappa shape index (κ2) is 11.3. The van der Waals surface area contributed by atoms with Crippen LogP contribution in [0.25, 0.3) is 11.4 Å². The molecule has 33 heavy (non-hydrogen) atoms. The lowest BCUT2D eigenvalue weighted by Crippen LogP contribution is -2.14. The van der Waals surface area contributed by atoms with Gasteiger partial charge >= 0.3 is 0 Å². The lowest BCUT2D eigenvalue weighted by molar-refractivity contribution is -0.384. The van der Waals surface area contributed by atoms with E-state index in [1.165, 1.54) is 36.0 Å². The molecule has 0 radical (unpaired) electrons. The highest BCUT2D eigenvalue weighted by Gasteiger charge is 2.15. The first-order valence-corrected chi connectivity index (χ1v) is 11.3. The average molecular weight is 468 g/mol. The highest BCUT2D eigenvalue weighted by atomic mass is 32.2. The number of nitro benzene ring substituents is 1. The molecule has 0 spiro atoms. The van der Waals surface area contributed by atoms with Gasteiger partial charge in [0.2, 0.25) is 5.91 Å². The predicted molar refractivity (Wildman–Crippen MR) is 128 cm³/mol. The summed E-state index contributed by atoms with van der Waals surface area (Å²) in [6.45, 7) is 9.13. The van der Waals surface area contributed by atoms with E-state index in [-0.39, 0.29) is 17.3 Å². The summed E-state index contributed by atoms with van der Waals surface area (Å²) in [6, 6.07) is 13.3. The number of nitrogens with one attached hydrogen (secondary N) is 1. The zero-order chi connectivity index (χ0) is 23.8. The van der Waals surface area contributed by atoms with E-state index in [9.17, 15) is 14.9 Å². The van der Waals surface area contributed by atoms with Crippen molar-refractivity contribution < 1.29 is 14.5 Å². The van der Waals surface area contributed by atoms with Gasteiger partial charge in [0.1, 0.15) is 5.75 Å². The molecule has 0 aliphatic rings. The van der Waals surface area contributed by atoms with E-state index in [1.54, 1.807) is 6.08 Å². The van der Waals surface area contributed by atoms with E-state index in [2.05, 4.69) is 35.9 Å². The van der Waals surface area contributed by atoms with Crippen molar-refractivity contribution in [1.29, 1.82) is 0 Å². The van der Waals surface area contributed by atoms with E-state index in [0.717, 1.165) is 11.3 Å². The molecule has 0 saturated heterocycles. The maximum atomic E-state index is 12.3. The van der Waals surface area contributed by atoms with E-state index in [1.807, 2.05) is 28.8 Å². The molecule has 0 fully saturated rings. The van der Waals surface area contributed by atoms with Crippen LogP contribution in [0.1, 0.15) is 13.8 Å². The summed E-state index contributed by atoms with van der Waals surface area (Å²) in [7, 11) is 0. The Hall–Kier alpha value is -3.66. The number of hydrogen-bond acceptors (Lipinski definition) is 7. The van der Waals surface area contributed by atoms with Gasteiger partial charge in [0.15, 0.2) is 11.0 Å². The summed E-state index contributed by atoms with van der Waals surface area (Å²) < 4.78 is 7.62. The Morgan fingerprint density at radius 1 is 1.21 bits per heavy atom. The van der Waals surface area contributed by atoms with Crippen molar-refractivity contribution in [2.75, 3.05) is 17.7 Å². The Labute approximate surface area is 196 Å². The molecule has 10 heteroatoms. The average Bonchev–Trinajstić information content (AvgIpc) is 3.20. The van der Waals surface area contributed by atoms with Gasteiger partial charge < -0.3 is 10.1 Å². The van der Waals surface area contributed by atoms with Crippen LogP contribution in [0.15, 0.2) is 66.3 Å². The van der Waals surface area contributed by atoms with Gasteiger partial charge in [-0.1, -0.05) is 31.7 Å². The maximum absolute atomic E-state index is 12.3. The summed E-state index contributed by atoms with van der Waals surface area (Å²) in [4.78, 5) is 22.6. The summed E-state index contributed by atoms with van der Waals surface area (Å²) in [5.74, 6) is 1.75. The van der Waals surface area contributed by atoms with Gasteiger partial charge in [-0.25, -0.2) is 0 Å². The van der Waals surface area contributed by atoms with Gasteiger partial charge in [-0.15, -0.1) is 16.8 Å². The molecule has 0 saturated carbocycles. The first-order valence-electron chi connectivity index (χ1n) is 10.3. The Bertz CT molecular complexity index is 1110. The highest BCUT2D eigenvalue weighted by Crippen LogP contribution is 2.26. The van der Waals surface area contributed by atoms with Crippen molar-refractivity contribution in [3.05, 3.63) is 71.3 Å². The zero-order valence-electron chi connectivity index (χ0n) is 18.4. The third-order valence-electron chi connectivity index (χ3n) is 4.42. The van der Waals surface area contributed by atoms with Crippen molar-refractivity contribution >= 4 is 29.0 Å². The van der Waals surface area contributed by atoms with Gasteiger partial charge in [0.05, 0.1) is 17.3 Å². The van der Waals surface area contributed by atoms with Gasteiger partial charge in [-0.2, -0.15) is 0 Å². The molecule has 1 amide bonds. The number of allylic oxidation sites excluding steroid dienone is 1. The second-order valence-electron chi connectivity index (χ2n) is 7.58. The third kappa shape index (κ3) is 6.66. The molecule has 3 aromatic rings. The Balaban J connectivity index is 1.65. The lowest BCUT2D eigenvalue weighted by atomic mass is 10.2. The molecular weight excluding hydrogens is 442 g/mol. The van der Waals surface area contributed by atoms with Crippen LogP contribution in [0, 0.1) is 16.0 Å². The molecule has 1 N–H and O–H groups in total. The minimum Gasteiger partial charge on any atom is -0.493 e. The van der Waals surface area contributed by atoms with Crippen LogP contribution in [-0.2, 0) is 11.3 Å². The standard InChI is InChI=1S/C23H25N5O4S/c1-4-13-27-22(17-5-11-20(12-6-17)32-14-16(2)3)25-26-23(27)33-15-21(29)24-18-7-9-19(10-8-18)28(30)31/h4-12,16H,1,13-15H2,2-3H3,(H,24,29). The van der Waals surface area contributed by atoms with Crippen molar-refractivity contribution in [3.63, 3.8) is 0 Å². The van der Waals surface area contributed by atoms with Gasteiger partial charge in [0.25, 0.3) is 5.69 Å². The molecule has 0 aliphatic carbocycles. The molecule has 0 bridgehead atoms. The maximum Gasteiger partial charge on any atom is 0.269 e. The number of anilines is 1. The Morgan fingerprint density at radius 2 is 1.91 bits per heavy atom. The molecule has 0 unspecified atom stereocenters. The number of hydrogen-bond donors (Lipinski definition) is 1. The summed E-state index contributed by atoms with van der Waals surface area (Å²) in [5.41, 5.74) is 1.33.